The van der Waals surface area contributed by atoms with Crippen LogP contribution < -0.4 is 0 Å². The molecule has 0 aliphatic heterocycles. The Hall–Kier alpha value is -2.02. The van der Waals surface area contributed by atoms with Crippen molar-refractivity contribution < 1.29 is 0 Å². The quantitative estimate of drug-likeness (QED) is 0.690. The molecule has 1 heterocycles. The number of halogens is 2. The highest BCUT2D eigenvalue weighted by Gasteiger charge is 2.13. The van der Waals surface area contributed by atoms with E-state index in [9.17, 15) is 5.26 Å². The van der Waals surface area contributed by atoms with Crippen LogP contribution in [0.3, 0.4) is 0 Å². The smallest absolute Gasteiger partial charge is 0.109 e. The van der Waals surface area contributed by atoms with Gasteiger partial charge < -0.3 is 4.57 Å². The second kappa shape index (κ2) is 6.00. The molecule has 1 aromatic heterocycles. The van der Waals surface area contributed by atoms with E-state index in [1.807, 2.05) is 30.3 Å². The minimum absolute atomic E-state index is 0.499. The average molecular weight is 330 g/mol. The molecule has 0 saturated heterocycles. The predicted molar refractivity (Wildman–Crippen MR) is 89.4 cm³/mol. The first-order valence-corrected chi connectivity index (χ1v) is 7.71. The molecule has 0 spiro atoms. The van der Waals surface area contributed by atoms with E-state index >= 15 is 0 Å². The van der Waals surface area contributed by atoms with Gasteiger partial charge in [-0.15, -0.1) is 0 Å². The van der Waals surface area contributed by atoms with Crippen LogP contribution in [0.4, 0.5) is 0 Å². The molecule has 0 atom stereocenters. The number of fused-ring (bicyclic) bond motifs is 1. The molecule has 0 aliphatic carbocycles. The highest BCUT2D eigenvalue weighted by atomic mass is 35.5. The van der Waals surface area contributed by atoms with Crippen LogP contribution >= 0.6 is 23.2 Å². The molecule has 5 heteroatoms. The number of nitrogens with zero attached hydrogens (tertiary/aromatic N) is 3. The van der Waals surface area contributed by atoms with Crippen molar-refractivity contribution in [2.45, 2.75) is 19.9 Å². The third kappa shape index (κ3) is 2.56. The Labute approximate surface area is 138 Å². The SMILES string of the molecule is CCc1nc2cc(Cl)c(Cl)cc2n1Cc1ccccc1C#N. The van der Waals surface area contributed by atoms with Gasteiger partial charge in [-0.25, -0.2) is 4.98 Å². The fourth-order valence-corrected chi connectivity index (χ4v) is 2.87. The van der Waals surface area contributed by atoms with E-state index in [0.717, 1.165) is 28.8 Å². The van der Waals surface area contributed by atoms with Gasteiger partial charge in [0.25, 0.3) is 0 Å². The zero-order valence-electron chi connectivity index (χ0n) is 12.0. The van der Waals surface area contributed by atoms with Gasteiger partial charge in [0.05, 0.1) is 39.3 Å². The van der Waals surface area contributed by atoms with Crippen molar-refractivity contribution in [2.75, 3.05) is 0 Å². The fraction of sp³-hybridized carbons (Fsp3) is 0.176. The molecule has 0 unspecified atom stereocenters. The van der Waals surface area contributed by atoms with Crippen molar-refractivity contribution in [3.8, 4) is 6.07 Å². The van der Waals surface area contributed by atoms with Gasteiger partial charge in [0.15, 0.2) is 0 Å². The summed E-state index contributed by atoms with van der Waals surface area (Å²) in [6.45, 7) is 2.64. The molecule has 0 saturated carbocycles. The van der Waals surface area contributed by atoms with Crippen LogP contribution in [-0.4, -0.2) is 9.55 Å². The summed E-state index contributed by atoms with van der Waals surface area (Å²) in [4.78, 5) is 4.62. The van der Waals surface area contributed by atoms with E-state index in [4.69, 9.17) is 23.2 Å². The van der Waals surface area contributed by atoms with Crippen molar-refractivity contribution in [1.82, 2.24) is 9.55 Å². The summed E-state index contributed by atoms with van der Waals surface area (Å²) in [5.41, 5.74) is 3.39. The zero-order chi connectivity index (χ0) is 15.7. The van der Waals surface area contributed by atoms with Gasteiger partial charge >= 0.3 is 0 Å². The largest absolute Gasteiger partial charge is 0.323 e. The monoisotopic (exact) mass is 329 g/mol. The molecule has 110 valence electrons. The first kappa shape index (κ1) is 14.9. The first-order valence-electron chi connectivity index (χ1n) is 6.96. The maximum atomic E-state index is 9.25. The summed E-state index contributed by atoms with van der Waals surface area (Å²) in [6, 6.07) is 13.4. The normalized spacial score (nSPS) is 10.8. The number of rotatable bonds is 3. The molecule has 3 nitrogen and oxygen atoms in total. The van der Waals surface area contributed by atoms with Gasteiger partial charge in [-0.3, -0.25) is 0 Å². The van der Waals surface area contributed by atoms with Gasteiger partial charge in [0.1, 0.15) is 5.82 Å². The van der Waals surface area contributed by atoms with E-state index in [1.165, 1.54) is 0 Å². The van der Waals surface area contributed by atoms with Crippen molar-refractivity contribution in [3.05, 3.63) is 63.4 Å². The van der Waals surface area contributed by atoms with Gasteiger partial charge in [-0.2, -0.15) is 5.26 Å². The molecule has 0 amide bonds. The topological polar surface area (TPSA) is 41.6 Å². The standard InChI is InChI=1S/C17H13Cl2N3/c1-2-17-21-15-7-13(18)14(19)8-16(15)22(17)10-12-6-4-3-5-11(12)9-20/h3-8H,2,10H2,1H3. The molecule has 0 N–H and O–H groups in total. The highest BCUT2D eigenvalue weighted by molar-refractivity contribution is 6.42. The minimum atomic E-state index is 0.499. The molecule has 2 aromatic carbocycles. The van der Waals surface area contributed by atoms with E-state index < -0.39 is 0 Å². The van der Waals surface area contributed by atoms with Gasteiger partial charge in [-0.05, 0) is 23.8 Å². The van der Waals surface area contributed by atoms with E-state index in [1.54, 1.807) is 6.07 Å². The van der Waals surface area contributed by atoms with Crippen molar-refractivity contribution in [2.24, 2.45) is 0 Å². The third-order valence-electron chi connectivity index (χ3n) is 3.65. The number of hydrogen-bond donors (Lipinski definition) is 0. The van der Waals surface area contributed by atoms with E-state index in [2.05, 4.69) is 22.5 Å². The fourth-order valence-electron chi connectivity index (χ4n) is 2.55. The second-order valence-corrected chi connectivity index (χ2v) is 5.81. The third-order valence-corrected chi connectivity index (χ3v) is 4.37. The molecule has 0 bridgehead atoms. The number of benzene rings is 2. The minimum Gasteiger partial charge on any atom is -0.323 e. The van der Waals surface area contributed by atoms with E-state index in [0.29, 0.717) is 22.2 Å². The molecule has 3 aromatic rings. The molecule has 22 heavy (non-hydrogen) atoms. The Morgan fingerprint density at radius 1 is 1.18 bits per heavy atom. The van der Waals surface area contributed by atoms with Crippen LogP contribution in [-0.2, 0) is 13.0 Å². The zero-order valence-corrected chi connectivity index (χ0v) is 13.5. The van der Waals surface area contributed by atoms with Crippen LogP contribution in [0.25, 0.3) is 11.0 Å². The van der Waals surface area contributed by atoms with Crippen LogP contribution in [0, 0.1) is 11.3 Å². The Morgan fingerprint density at radius 2 is 1.91 bits per heavy atom. The predicted octanol–water partition coefficient (Wildman–Crippen LogP) is 4.83. The summed E-state index contributed by atoms with van der Waals surface area (Å²) in [5.74, 6) is 0.945. The number of imidazole rings is 1. The molecular formula is C17H13Cl2N3. The maximum Gasteiger partial charge on any atom is 0.109 e. The van der Waals surface area contributed by atoms with Crippen LogP contribution in [0.2, 0.25) is 10.0 Å². The van der Waals surface area contributed by atoms with E-state index in [-0.39, 0.29) is 0 Å². The first-order chi connectivity index (χ1) is 10.6. The number of nitriles is 1. The molecular weight excluding hydrogens is 317 g/mol. The van der Waals surface area contributed by atoms with Crippen molar-refractivity contribution in [3.63, 3.8) is 0 Å². The molecule has 0 radical (unpaired) electrons. The lowest BCUT2D eigenvalue weighted by Gasteiger charge is -2.10. The molecule has 0 aliphatic rings. The average Bonchev–Trinajstić information content (AvgIpc) is 2.85. The summed E-state index contributed by atoms with van der Waals surface area (Å²) in [7, 11) is 0. The maximum absolute atomic E-state index is 9.25. The van der Waals surface area contributed by atoms with Crippen LogP contribution in [0.5, 0.6) is 0 Å². The Balaban J connectivity index is 2.17. The number of aromatic nitrogens is 2. The van der Waals surface area contributed by atoms with Gasteiger partial charge in [-0.1, -0.05) is 48.3 Å². The van der Waals surface area contributed by atoms with Crippen molar-refractivity contribution in [1.29, 1.82) is 5.26 Å². The second-order valence-electron chi connectivity index (χ2n) is 4.99. The Morgan fingerprint density at radius 3 is 2.64 bits per heavy atom. The Bertz CT molecular complexity index is 891. The van der Waals surface area contributed by atoms with Crippen LogP contribution in [0.1, 0.15) is 23.9 Å². The summed E-state index contributed by atoms with van der Waals surface area (Å²) >= 11 is 12.2. The lowest BCUT2D eigenvalue weighted by molar-refractivity contribution is 0.752. The number of aryl methyl sites for hydroxylation is 1. The highest BCUT2D eigenvalue weighted by Crippen LogP contribution is 2.29. The van der Waals surface area contributed by atoms with Crippen molar-refractivity contribution >= 4 is 34.2 Å². The molecule has 0 fully saturated rings. The Kier molecular flexibility index (Phi) is 4.06. The molecule has 3 rings (SSSR count). The number of hydrogen-bond acceptors (Lipinski definition) is 2. The van der Waals surface area contributed by atoms with Gasteiger partial charge in [0, 0.05) is 6.42 Å². The summed E-state index contributed by atoms with van der Waals surface area (Å²) in [6.07, 6.45) is 0.790. The summed E-state index contributed by atoms with van der Waals surface area (Å²) < 4.78 is 2.09. The lowest BCUT2D eigenvalue weighted by Crippen LogP contribution is -2.05. The summed E-state index contributed by atoms with van der Waals surface area (Å²) in [5, 5.41) is 10.3. The van der Waals surface area contributed by atoms with Crippen LogP contribution in [0.15, 0.2) is 36.4 Å². The van der Waals surface area contributed by atoms with Gasteiger partial charge in [0.2, 0.25) is 0 Å². The lowest BCUT2D eigenvalue weighted by atomic mass is 10.1.